The Balaban J connectivity index is 1.71. The van der Waals surface area contributed by atoms with E-state index in [4.69, 9.17) is 4.74 Å². The zero-order chi connectivity index (χ0) is 14.7. The Hall–Kier alpha value is -2.32. The minimum Gasteiger partial charge on any atom is -0.383 e. The fourth-order valence-corrected chi connectivity index (χ4v) is 2.61. The monoisotopic (exact) mass is 303 g/mol. The highest BCUT2D eigenvalue weighted by Crippen LogP contribution is 2.24. The number of pyridine rings is 1. The summed E-state index contributed by atoms with van der Waals surface area (Å²) in [7, 11) is 1.62. The van der Waals surface area contributed by atoms with Crippen LogP contribution in [0.15, 0.2) is 30.7 Å². The molecule has 1 N–H and O–H groups in total. The van der Waals surface area contributed by atoms with Gasteiger partial charge in [0.15, 0.2) is 10.8 Å². The molecule has 0 fully saturated rings. The van der Waals surface area contributed by atoms with Gasteiger partial charge in [-0.05, 0) is 12.1 Å². The largest absolute Gasteiger partial charge is 0.383 e. The van der Waals surface area contributed by atoms with Gasteiger partial charge in [-0.3, -0.25) is 19.8 Å². The first-order valence-electron chi connectivity index (χ1n) is 6.30. The van der Waals surface area contributed by atoms with E-state index in [1.165, 1.54) is 11.3 Å². The summed E-state index contributed by atoms with van der Waals surface area (Å²) < 4.78 is 7.57. The zero-order valence-electron chi connectivity index (χ0n) is 11.3. The number of carbonyl (C=O) groups excluding carboxylic acids is 1. The van der Waals surface area contributed by atoms with Crippen LogP contribution in [0.25, 0.3) is 10.2 Å². The second-order valence-electron chi connectivity index (χ2n) is 4.27. The summed E-state index contributed by atoms with van der Waals surface area (Å²) in [5, 5.41) is 7.47. The summed E-state index contributed by atoms with van der Waals surface area (Å²) in [5.41, 5.74) is 1.17. The average molecular weight is 303 g/mol. The minimum absolute atomic E-state index is 0.279. The van der Waals surface area contributed by atoms with Gasteiger partial charge in [0.25, 0.3) is 5.91 Å². The number of nitrogens with zero attached hydrogens (tertiary/aromatic N) is 4. The number of nitrogens with one attached hydrogen (secondary N) is 1. The van der Waals surface area contributed by atoms with Crippen molar-refractivity contribution in [3.05, 3.63) is 36.4 Å². The Bertz CT molecular complexity index is 734. The first-order chi connectivity index (χ1) is 10.3. The van der Waals surface area contributed by atoms with Gasteiger partial charge < -0.3 is 4.74 Å². The van der Waals surface area contributed by atoms with Crippen LogP contribution in [0.3, 0.4) is 0 Å². The molecule has 1 amide bonds. The van der Waals surface area contributed by atoms with Crippen LogP contribution in [0.5, 0.6) is 0 Å². The van der Waals surface area contributed by atoms with E-state index in [0.717, 1.165) is 10.2 Å². The van der Waals surface area contributed by atoms with Crippen LogP contribution in [0, 0.1) is 0 Å². The van der Waals surface area contributed by atoms with Gasteiger partial charge in [0.1, 0.15) is 0 Å². The number of rotatable bonds is 5. The molecular formula is C13H13N5O2S. The third-order valence-electron chi connectivity index (χ3n) is 2.81. The molecule has 21 heavy (non-hydrogen) atoms. The fourth-order valence-electron chi connectivity index (χ4n) is 1.79. The van der Waals surface area contributed by atoms with Crippen LogP contribution in [0.2, 0.25) is 0 Å². The number of methoxy groups -OCH3 is 1. The summed E-state index contributed by atoms with van der Waals surface area (Å²) in [6.45, 7) is 1.16. The SMILES string of the molecule is COCCn1ccc(C(=O)Nc2nc3ccncc3s2)n1. The topological polar surface area (TPSA) is 81.9 Å². The predicted octanol–water partition coefficient (Wildman–Crippen LogP) is 1.79. The van der Waals surface area contributed by atoms with Gasteiger partial charge in [-0.15, -0.1) is 0 Å². The maximum Gasteiger partial charge on any atom is 0.277 e. The molecule has 3 aromatic heterocycles. The summed E-state index contributed by atoms with van der Waals surface area (Å²) >= 11 is 1.38. The molecule has 0 spiro atoms. The van der Waals surface area contributed by atoms with Crippen molar-refractivity contribution >= 4 is 32.6 Å². The van der Waals surface area contributed by atoms with Gasteiger partial charge in [0, 0.05) is 25.7 Å². The molecule has 0 aliphatic rings. The van der Waals surface area contributed by atoms with E-state index in [1.807, 2.05) is 0 Å². The number of thiazole rings is 1. The van der Waals surface area contributed by atoms with Gasteiger partial charge in [0.2, 0.25) is 0 Å². The summed E-state index contributed by atoms with van der Waals surface area (Å²) in [6.07, 6.45) is 5.14. The lowest BCUT2D eigenvalue weighted by Gasteiger charge is -1.99. The molecule has 0 saturated carbocycles. The van der Waals surface area contributed by atoms with Gasteiger partial charge >= 0.3 is 0 Å². The van der Waals surface area contributed by atoms with Crippen molar-refractivity contribution in [2.75, 3.05) is 19.0 Å². The molecule has 3 rings (SSSR count). The molecule has 3 aromatic rings. The molecule has 0 aliphatic carbocycles. The first kappa shape index (κ1) is 13.7. The van der Waals surface area contributed by atoms with Gasteiger partial charge in [-0.2, -0.15) is 5.10 Å². The molecule has 3 heterocycles. The number of hydrogen-bond donors (Lipinski definition) is 1. The molecule has 0 atom stereocenters. The number of amides is 1. The smallest absolute Gasteiger partial charge is 0.277 e. The lowest BCUT2D eigenvalue weighted by Crippen LogP contribution is -2.13. The summed E-state index contributed by atoms with van der Waals surface area (Å²) in [6, 6.07) is 3.47. The summed E-state index contributed by atoms with van der Waals surface area (Å²) in [5.74, 6) is -0.279. The van der Waals surface area contributed by atoms with Crippen LogP contribution in [-0.2, 0) is 11.3 Å². The van der Waals surface area contributed by atoms with E-state index in [0.29, 0.717) is 24.0 Å². The first-order valence-corrected chi connectivity index (χ1v) is 7.12. The molecule has 0 radical (unpaired) electrons. The number of aromatic nitrogens is 4. The van der Waals surface area contributed by atoms with Crippen molar-refractivity contribution in [3.63, 3.8) is 0 Å². The van der Waals surface area contributed by atoms with E-state index in [1.54, 1.807) is 42.5 Å². The van der Waals surface area contributed by atoms with E-state index in [-0.39, 0.29) is 5.91 Å². The van der Waals surface area contributed by atoms with E-state index in [9.17, 15) is 4.79 Å². The van der Waals surface area contributed by atoms with Gasteiger partial charge in [-0.25, -0.2) is 4.98 Å². The summed E-state index contributed by atoms with van der Waals surface area (Å²) in [4.78, 5) is 20.5. The van der Waals surface area contributed by atoms with Crippen molar-refractivity contribution in [1.82, 2.24) is 19.7 Å². The highest BCUT2D eigenvalue weighted by atomic mass is 32.1. The third kappa shape index (κ3) is 3.06. The van der Waals surface area contributed by atoms with Gasteiger partial charge in [-0.1, -0.05) is 11.3 Å². The molecule has 0 bridgehead atoms. The number of fused-ring (bicyclic) bond motifs is 1. The van der Waals surface area contributed by atoms with Crippen LogP contribution < -0.4 is 5.32 Å². The van der Waals surface area contributed by atoms with Crippen molar-refractivity contribution in [3.8, 4) is 0 Å². The molecule has 0 unspecified atom stereocenters. The average Bonchev–Trinajstić information content (AvgIpc) is 3.11. The number of hydrogen-bond acceptors (Lipinski definition) is 6. The molecule has 0 saturated heterocycles. The quantitative estimate of drug-likeness (QED) is 0.777. The Morgan fingerprint density at radius 1 is 1.48 bits per heavy atom. The fraction of sp³-hybridized carbons (Fsp3) is 0.231. The Morgan fingerprint density at radius 2 is 2.38 bits per heavy atom. The number of carbonyl (C=O) groups is 1. The molecule has 0 aromatic carbocycles. The molecular weight excluding hydrogens is 290 g/mol. The second kappa shape index (κ2) is 5.98. The standard InChI is InChI=1S/C13H13N5O2S/c1-20-7-6-18-5-3-10(17-18)12(19)16-13-15-9-2-4-14-8-11(9)21-13/h2-5,8H,6-7H2,1H3,(H,15,16,19). The van der Waals surface area contributed by atoms with E-state index in [2.05, 4.69) is 20.4 Å². The van der Waals surface area contributed by atoms with Gasteiger partial charge in [0.05, 0.1) is 23.4 Å². The van der Waals surface area contributed by atoms with Crippen molar-refractivity contribution < 1.29 is 9.53 Å². The van der Waals surface area contributed by atoms with Crippen LogP contribution in [-0.4, -0.2) is 39.4 Å². The number of anilines is 1. The predicted molar refractivity (Wildman–Crippen MR) is 79.5 cm³/mol. The lowest BCUT2D eigenvalue weighted by atomic mass is 10.4. The highest BCUT2D eigenvalue weighted by Gasteiger charge is 2.12. The zero-order valence-corrected chi connectivity index (χ0v) is 12.1. The van der Waals surface area contributed by atoms with E-state index < -0.39 is 0 Å². The maximum atomic E-state index is 12.1. The normalized spacial score (nSPS) is 10.9. The Labute approximate surface area is 124 Å². The minimum atomic E-state index is -0.279. The lowest BCUT2D eigenvalue weighted by molar-refractivity contribution is 0.102. The maximum absolute atomic E-state index is 12.1. The highest BCUT2D eigenvalue weighted by molar-refractivity contribution is 7.22. The molecule has 0 aliphatic heterocycles. The van der Waals surface area contributed by atoms with Crippen LogP contribution >= 0.6 is 11.3 Å². The van der Waals surface area contributed by atoms with Crippen LogP contribution in [0.1, 0.15) is 10.5 Å². The Kier molecular flexibility index (Phi) is 3.89. The Morgan fingerprint density at radius 3 is 3.19 bits per heavy atom. The molecule has 7 nitrogen and oxygen atoms in total. The van der Waals surface area contributed by atoms with Crippen LogP contribution in [0.4, 0.5) is 5.13 Å². The second-order valence-corrected chi connectivity index (χ2v) is 5.30. The third-order valence-corrected chi connectivity index (χ3v) is 3.73. The molecule has 8 heteroatoms. The molecule has 108 valence electrons. The number of ether oxygens (including phenoxy) is 1. The van der Waals surface area contributed by atoms with Crippen molar-refractivity contribution in [2.24, 2.45) is 0 Å². The van der Waals surface area contributed by atoms with Crippen molar-refractivity contribution in [1.29, 1.82) is 0 Å². The van der Waals surface area contributed by atoms with E-state index >= 15 is 0 Å². The van der Waals surface area contributed by atoms with Crippen molar-refractivity contribution in [2.45, 2.75) is 6.54 Å².